The molecule has 1 aliphatic heterocycles. The molecule has 0 unspecified atom stereocenters. The first-order valence-corrected chi connectivity index (χ1v) is 6.85. The summed E-state index contributed by atoms with van der Waals surface area (Å²) in [7, 11) is 0. The molecule has 0 atom stereocenters. The zero-order valence-corrected chi connectivity index (χ0v) is 11.5. The van der Waals surface area contributed by atoms with Crippen LogP contribution in [0, 0.1) is 0 Å². The molecule has 2 aromatic carbocycles. The number of ether oxygens (including phenoxy) is 1. The van der Waals surface area contributed by atoms with Gasteiger partial charge in [0.2, 0.25) is 0 Å². The molecule has 0 fully saturated rings. The first-order chi connectivity index (χ1) is 8.83. The van der Waals surface area contributed by atoms with E-state index in [2.05, 4.69) is 39.4 Å². The number of rotatable bonds is 3. The summed E-state index contributed by atoms with van der Waals surface area (Å²) in [6.45, 7) is 1.66. The third-order valence-electron chi connectivity index (χ3n) is 3.17. The van der Waals surface area contributed by atoms with Gasteiger partial charge in [0.05, 0.1) is 0 Å². The highest BCUT2D eigenvalue weighted by Crippen LogP contribution is 2.26. The van der Waals surface area contributed by atoms with Crippen molar-refractivity contribution >= 4 is 21.6 Å². The molecule has 0 radical (unpaired) electrons. The van der Waals surface area contributed by atoms with Gasteiger partial charge < -0.3 is 10.1 Å². The van der Waals surface area contributed by atoms with Gasteiger partial charge in [0.15, 0.2) is 0 Å². The fourth-order valence-electron chi connectivity index (χ4n) is 2.24. The van der Waals surface area contributed by atoms with Crippen molar-refractivity contribution in [2.24, 2.45) is 0 Å². The van der Waals surface area contributed by atoms with E-state index in [1.165, 1.54) is 16.8 Å². The van der Waals surface area contributed by atoms with Crippen LogP contribution in [0.5, 0.6) is 5.75 Å². The maximum absolute atomic E-state index is 5.82. The van der Waals surface area contributed by atoms with E-state index in [-0.39, 0.29) is 0 Å². The van der Waals surface area contributed by atoms with Gasteiger partial charge >= 0.3 is 0 Å². The smallest absolute Gasteiger partial charge is 0.119 e. The second-order valence-corrected chi connectivity index (χ2v) is 5.28. The van der Waals surface area contributed by atoms with Gasteiger partial charge in [-0.05, 0) is 47.9 Å². The normalized spacial score (nSPS) is 12.9. The van der Waals surface area contributed by atoms with Crippen molar-refractivity contribution in [2.75, 3.05) is 11.9 Å². The molecule has 1 heterocycles. The molecule has 0 aromatic heterocycles. The van der Waals surface area contributed by atoms with Crippen molar-refractivity contribution in [3.8, 4) is 5.75 Å². The molecule has 3 heteroatoms. The minimum atomic E-state index is 0.631. The summed E-state index contributed by atoms with van der Waals surface area (Å²) >= 11 is 3.42. The Kier molecular flexibility index (Phi) is 3.24. The summed E-state index contributed by atoms with van der Waals surface area (Å²) in [6.07, 6.45) is 1.09. The van der Waals surface area contributed by atoms with Gasteiger partial charge in [0.1, 0.15) is 12.4 Å². The van der Waals surface area contributed by atoms with Crippen molar-refractivity contribution < 1.29 is 4.74 Å². The van der Waals surface area contributed by atoms with E-state index in [1.807, 2.05) is 24.3 Å². The van der Waals surface area contributed by atoms with Gasteiger partial charge in [-0.2, -0.15) is 0 Å². The van der Waals surface area contributed by atoms with Gasteiger partial charge in [-0.15, -0.1) is 0 Å². The van der Waals surface area contributed by atoms with Gasteiger partial charge in [-0.3, -0.25) is 0 Å². The molecule has 1 aliphatic rings. The molecule has 92 valence electrons. The fourth-order valence-corrected chi connectivity index (χ4v) is 2.51. The van der Waals surface area contributed by atoms with Gasteiger partial charge in [0, 0.05) is 16.7 Å². The summed E-state index contributed by atoms with van der Waals surface area (Å²) in [5.41, 5.74) is 3.93. The Morgan fingerprint density at radius 1 is 1.11 bits per heavy atom. The van der Waals surface area contributed by atoms with Crippen LogP contribution in [0.25, 0.3) is 0 Å². The van der Waals surface area contributed by atoms with Crippen LogP contribution >= 0.6 is 15.9 Å². The monoisotopic (exact) mass is 303 g/mol. The Morgan fingerprint density at radius 3 is 2.78 bits per heavy atom. The van der Waals surface area contributed by atoms with Crippen molar-refractivity contribution in [2.45, 2.75) is 13.0 Å². The Labute approximate surface area is 115 Å². The van der Waals surface area contributed by atoms with E-state index >= 15 is 0 Å². The number of hydrogen-bond donors (Lipinski definition) is 1. The molecular formula is C15H14BrNO. The third kappa shape index (κ3) is 2.36. The second kappa shape index (κ2) is 5.02. The standard InChI is InChI=1S/C15H14BrNO/c16-12-4-6-13(7-5-12)18-10-11-2-1-3-15-14(11)8-9-17-15/h1-7,17H,8-10H2. The Hall–Kier alpha value is -1.48. The molecule has 3 rings (SSSR count). The molecule has 0 bridgehead atoms. The van der Waals surface area contributed by atoms with E-state index in [1.54, 1.807) is 0 Å². The van der Waals surface area contributed by atoms with Crippen LogP contribution in [-0.2, 0) is 13.0 Å². The van der Waals surface area contributed by atoms with Gasteiger partial charge in [-0.1, -0.05) is 28.1 Å². The van der Waals surface area contributed by atoms with Crippen molar-refractivity contribution in [3.63, 3.8) is 0 Å². The highest BCUT2D eigenvalue weighted by Gasteiger charge is 2.13. The molecule has 2 aromatic rings. The number of hydrogen-bond acceptors (Lipinski definition) is 2. The zero-order chi connectivity index (χ0) is 12.4. The molecule has 0 amide bonds. The van der Waals surface area contributed by atoms with Crippen LogP contribution in [0.2, 0.25) is 0 Å². The largest absolute Gasteiger partial charge is 0.489 e. The number of halogens is 1. The average molecular weight is 304 g/mol. The summed E-state index contributed by atoms with van der Waals surface area (Å²) in [6, 6.07) is 14.3. The van der Waals surface area contributed by atoms with Crippen molar-refractivity contribution in [1.82, 2.24) is 0 Å². The quantitative estimate of drug-likeness (QED) is 0.925. The number of fused-ring (bicyclic) bond motifs is 1. The summed E-state index contributed by atoms with van der Waals surface area (Å²) < 4.78 is 6.89. The fraction of sp³-hybridized carbons (Fsp3) is 0.200. The molecule has 0 saturated carbocycles. The average Bonchev–Trinajstić information content (AvgIpc) is 2.87. The minimum Gasteiger partial charge on any atom is -0.489 e. The topological polar surface area (TPSA) is 21.3 Å². The highest BCUT2D eigenvalue weighted by molar-refractivity contribution is 9.10. The summed E-state index contributed by atoms with van der Waals surface area (Å²) in [5, 5.41) is 3.38. The maximum atomic E-state index is 5.82. The lowest BCUT2D eigenvalue weighted by molar-refractivity contribution is 0.305. The molecule has 0 aliphatic carbocycles. The van der Waals surface area contributed by atoms with Crippen molar-refractivity contribution in [1.29, 1.82) is 0 Å². The van der Waals surface area contributed by atoms with Crippen LogP contribution < -0.4 is 10.1 Å². The Balaban J connectivity index is 1.74. The van der Waals surface area contributed by atoms with Crippen LogP contribution in [0.4, 0.5) is 5.69 Å². The number of nitrogens with one attached hydrogen (secondary N) is 1. The predicted octanol–water partition coefficient (Wildman–Crippen LogP) is 4.00. The molecule has 2 nitrogen and oxygen atoms in total. The first-order valence-electron chi connectivity index (χ1n) is 6.06. The molecule has 0 saturated heterocycles. The Bertz CT molecular complexity index is 551. The second-order valence-electron chi connectivity index (χ2n) is 4.36. The number of anilines is 1. The Morgan fingerprint density at radius 2 is 1.94 bits per heavy atom. The molecule has 18 heavy (non-hydrogen) atoms. The lowest BCUT2D eigenvalue weighted by Gasteiger charge is -2.10. The van der Waals surface area contributed by atoms with E-state index in [0.29, 0.717) is 6.61 Å². The molecule has 0 spiro atoms. The lowest BCUT2D eigenvalue weighted by Crippen LogP contribution is -1.98. The van der Waals surface area contributed by atoms with Gasteiger partial charge in [0.25, 0.3) is 0 Å². The SMILES string of the molecule is Brc1ccc(OCc2cccc3c2CCN3)cc1. The molecule has 1 N–H and O–H groups in total. The van der Waals surface area contributed by atoms with E-state index < -0.39 is 0 Å². The van der Waals surface area contributed by atoms with E-state index in [4.69, 9.17) is 4.74 Å². The van der Waals surface area contributed by atoms with E-state index in [9.17, 15) is 0 Å². The molecular weight excluding hydrogens is 290 g/mol. The minimum absolute atomic E-state index is 0.631. The number of benzene rings is 2. The third-order valence-corrected chi connectivity index (χ3v) is 3.70. The first kappa shape index (κ1) is 11.6. The van der Waals surface area contributed by atoms with Crippen LogP contribution in [0.1, 0.15) is 11.1 Å². The predicted molar refractivity (Wildman–Crippen MR) is 77.1 cm³/mol. The lowest BCUT2D eigenvalue weighted by atomic mass is 10.1. The zero-order valence-electron chi connectivity index (χ0n) is 9.95. The highest BCUT2D eigenvalue weighted by atomic mass is 79.9. The van der Waals surface area contributed by atoms with Crippen LogP contribution in [0.3, 0.4) is 0 Å². The van der Waals surface area contributed by atoms with E-state index in [0.717, 1.165) is 23.2 Å². The van der Waals surface area contributed by atoms with Crippen molar-refractivity contribution in [3.05, 3.63) is 58.1 Å². The van der Waals surface area contributed by atoms with Crippen LogP contribution in [0.15, 0.2) is 46.9 Å². The maximum Gasteiger partial charge on any atom is 0.119 e. The summed E-state index contributed by atoms with van der Waals surface area (Å²) in [4.78, 5) is 0. The summed E-state index contributed by atoms with van der Waals surface area (Å²) in [5.74, 6) is 0.904. The van der Waals surface area contributed by atoms with Gasteiger partial charge in [-0.25, -0.2) is 0 Å². The van der Waals surface area contributed by atoms with Crippen LogP contribution in [-0.4, -0.2) is 6.54 Å².